The largest absolute Gasteiger partial charge is 0.326 e. The predicted molar refractivity (Wildman–Crippen MR) is 114 cm³/mol. The highest BCUT2D eigenvalue weighted by Crippen LogP contribution is 2.30. The smallest absolute Gasteiger partial charge is 0.265 e. The molecule has 28 heavy (non-hydrogen) atoms. The highest BCUT2D eigenvalue weighted by atomic mass is 32.2. The molecule has 0 saturated carbocycles. The molecule has 0 aliphatic rings. The molecule has 3 rings (SSSR count). The Morgan fingerprint density at radius 2 is 1.57 bits per heavy atom. The van der Waals surface area contributed by atoms with E-state index in [4.69, 9.17) is 0 Å². The topological polar surface area (TPSA) is 95.6 Å². The number of nitrogens with zero attached hydrogens (tertiary/aromatic N) is 1. The van der Waals surface area contributed by atoms with Gasteiger partial charge in [-0.3, -0.25) is 13.9 Å². The Morgan fingerprint density at radius 1 is 0.964 bits per heavy atom. The number of rotatable bonds is 5. The van der Waals surface area contributed by atoms with Gasteiger partial charge in [0.2, 0.25) is 15.9 Å². The summed E-state index contributed by atoms with van der Waals surface area (Å²) in [7, 11) is -1.87. The summed E-state index contributed by atoms with van der Waals surface area (Å²) in [5, 5.41) is 6.27. The minimum Gasteiger partial charge on any atom is -0.326 e. The molecular weight excluding hydrogens is 398 g/mol. The molecule has 0 saturated heterocycles. The van der Waals surface area contributed by atoms with Crippen LogP contribution in [-0.2, 0) is 14.8 Å². The van der Waals surface area contributed by atoms with Crippen molar-refractivity contribution >= 4 is 60.3 Å². The van der Waals surface area contributed by atoms with Crippen LogP contribution in [0.5, 0.6) is 0 Å². The van der Waals surface area contributed by atoms with Crippen LogP contribution in [-0.4, -0.2) is 33.5 Å². The number of carbonyl (C=O) groups is 2. The van der Waals surface area contributed by atoms with E-state index in [0.717, 1.165) is 16.3 Å². The zero-order valence-electron chi connectivity index (χ0n) is 15.5. The van der Waals surface area contributed by atoms with E-state index in [1.807, 2.05) is 0 Å². The monoisotopic (exact) mass is 417 g/mol. The van der Waals surface area contributed by atoms with Gasteiger partial charge in [-0.05, 0) is 53.9 Å². The van der Waals surface area contributed by atoms with Gasteiger partial charge in [-0.2, -0.15) is 0 Å². The summed E-state index contributed by atoms with van der Waals surface area (Å²) >= 11 is 1.33. The van der Waals surface area contributed by atoms with Gasteiger partial charge in [0.15, 0.2) is 0 Å². The van der Waals surface area contributed by atoms with Gasteiger partial charge in [-0.1, -0.05) is 0 Å². The maximum atomic E-state index is 12.5. The summed E-state index contributed by atoms with van der Waals surface area (Å²) in [6.45, 7) is 1.43. The number of anilines is 3. The van der Waals surface area contributed by atoms with Crippen LogP contribution in [0.3, 0.4) is 0 Å². The Hall–Kier alpha value is -2.91. The molecule has 0 bridgehead atoms. The van der Waals surface area contributed by atoms with Gasteiger partial charge in [-0.15, -0.1) is 11.3 Å². The van der Waals surface area contributed by atoms with Gasteiger partial charge in [0.1, 0.15) is 0 Å². The highest BCUT2D eigenvalue weighted by molar-refractivity contribution is 7.92. The summed E-state index contributed by atoms with van der Waals surface area (Å²) in [5.41, 5.74) is 1.79. The van der Waals surface area contributed by atoms with Crippen molar-refractivity contribution in [3.8, 4) is 0 Å². The van der Waals surface area contributed by atoms with Gasteiger partial charge in [0.05, 0.1) is 16.8 Å². The van der Waals surface area contributed by atoms with Crippen molar-refractivity contribution in [3.05, 3.63) is 53.4 Å². The van der Waals surface area contributed by atoms with Crippen molar-refractivity contribution in [1.29, 1.82) is 0 Å². The fraction of sp³-hybridized carbons (Fsp3) is 0.158. The zero-order chi connectivity index (χ0) is 20.5. The molecule has 0 radical (unpaired) electrons. The van der Waals surface area contributed by atoms with Crippen LogP contribution in [0.4, 0.5) is 17.1 Å². The Morgan fingerprint density at radius 3 is 2.14 bits per heavy atom. The third-order valence-corrected chi connectivity index (χ3v) is 6.37. The average molecular weight is 418 g/mol. The first kappa shape index (κ1) is 19.8. The second kappa shape index (κ2) is 7.61. The lowest BCUT2D eigenvalue weighted by molar-refractivity contribution is -0.114. The molecule has 2 aromatic carbocycles. The minimum atomic E-state index is -3.35. The van der Waals surface area contributed by atoms with E-state index in [1.54, 1.807) is 48.5 Å². The van der Waals surface area contributed by atoms with E-state index < -0.39 is 10.0 Å². The van der Waals surface area contributed by atoms with Crippen LogP contribution in [0.25, 0.3) is 10.1 Å². The Kier molecular flexibility index (Phi) is 5.39. The third kappa shape index (κ3) is 4.49. The molecule has 0 fully saturated rings. The number of hydrogen-bond acceptors (Lipinski definition) is 5. The summed E-state index contributed by atoms with van der Waals surface area (Å²) in [4.78, 5) is 24.1. The molecule has 2 amide bonds. The van der Waals surface area contributed by atoms with Gasteiger partial charge < -0.3 is 10.6 Å². The molecule has 0 spiro atoms. The fourth-order valence-corrected chi connectivity index (χ4v) is 4.00. The van der Waals surface area contributed by atoms with E-state index in [0.29, 0.717) is 21.9 Å². The maximum absolute atomic E-state index is 12.5. The van der Waals surface area contributed by atoms with Crippen LogP contribution in [0.2, 0.25) is 0 Å². The number of hydrogen-bond donors (Lipinski definition) is 2. The minimum absolute atomic E-state index is 0.164. The van der Waals surface area contributed by atoms with Crippen LogP contribution in [0.1, 0.15) is 16.6 Å². The molecule has 0 unspecified atom stereocenters. The Balaban J connectivity index is 1.79. The molecule has 0 aliphatic heterocycles. The second-order valence-corrected chi connectivity index (χ2v) is 9.37. The lowest BCUT2D eigenvalue weighted by atomic mass is 10.2. The normalized spacial score (nSPS) is 11.2. The Bertz CT molecular complexity index is 1150. The number of amides is 2. The molecule has 1 aromatic heterocycles. The van der Waals surface area contributed by atoms with Gasteiger partial charge in [-0.25, -0.2) is 8.42 Å². The molecular formula is C19H19N3O4S2. The standard InChI is InChI=1S/C19H19N3O4S2/c1-12(23)20-14-4-6-15(7-5-14)21-19(24)18-11-13-10-16(8-9-17(13)27-18)22(2)28(3,25)26/h4-11H,1-3H3,(H,20,23)(H,21,24). The lowest BCUT2D eigenvalue weighted by Crippen LogP contribution is -2.24. The predicted octanol–water partition coefficient (Wildman–Crippen LogP) is 3.51. The van der Waals surface area contributed by atoms with E-state index in [2.05, 4.69) is 10.6 Å². The maximum Gasteiger partial charge on any atom is 0.265 e. The average Bonchev–Trinajstić information content (AvgIpc) is 3.05. The summed E-state index contributed by atoms with van der Waals surface area (Å²) in [6.07, 6.45) is 1.14. The molecule has 1 heterocycles. The van der Waals surface area contributed by atoms with E-state index >= 15 is 0 Å². The molecule has 9 heteroatoms. The number of thiophene rings is 1. The molecule has 3 aromatic rings. The van der Waals surface area contributed by atoms with Gasteiger partial charge >= 0.3 is 0 Å². The number of fused-ring (bicyclic) bond motifs is 1. The summed E-state index contributed by atoms with van der Waals surface area (Å²) < 4.78 is 25.5. The fourth-order valence-electron chi connectivity index (χ4n) is 2.56. The van der Waals surface area contributed by atoms with Crippen LogP contribution in [0, 0.1) is 0 Å². The third-order valence-electron chi connectivity index (χ3n) is 4.05. The van der Waals surface area contributed by atoms with Crippen molar-refractivity contribution in [3.63, 3.8) is 0 Å². The van der Waals surface area contributed by atoms with Crippen LogP contribution >= 0.6 is 11.3 Å². The first-order valence-electron chi connectivity index (χ1n) is 8.30. The van der Waals surface area contributed by atoms with Crippen molar-refractivity contribution < 1.29 is 18.0 Å². The van der Waals surface area contributed by atoms with Crippen molar-refractivity contribution in [1.82, 2.24) is 0 Å². The van der Waals surface area contributed by atoms with Crippen molar-refractivity contribution in [2.75, 3.05) is 28.2 Å². The summed E-state index contributed by atoms with van der Waals surface area (Å²) in [6, 6.07) is 13.8. The first-order chi connectivity index (χ1) is 13.1. The van der Waals surface area contributed by atoms with Crippen molar-refractivity contribution in [2.45, 2.75) is 6.92 Å². The number of sulfonamides is 1. The van der Waals surface area contributed by atoms with Gasteiger partial charge in [0, 0.05) is 30.0 Å². The molecule has 0 atom stereocenters. The highest BCUT2D eigenvalue weighted by Gasteiger charge is 2.15. The lowest BCUT2D eigenvalue weighted by Gasteiger charge is -2.16. The van der Waals surface area contributed by atoms with Crippen LogP contribution in [0.15, 0.2) is 48.5 Å². The van der Waals surface area contributed by atoms with Crippen LogP contribution < -0.4 is 14.9 Å². The summed E-state index contributed by atoms with van der Waals surface area (Å²) in [5.74, 6) is -0.422. The quantitative estimate of drug-likeness (QED) is 0.664. The number of benzene rings is 2. The second-order valence-electron chi connectivity index (χ2n) is 6.28. The van der Waals surface area contributed by atoms with E-state index in [1.165, 1.54) is 29.6 Å². The SMILES string of the molecule is CC(=O)Nc1ccc(NC(=O)c2cc3cc(N(C)S(C)(=O)=O)ccc3s2)cc1. The number of nitrogens with one attached hydrogen (secondary N) is 2. The number of carbonyl (C=O) groups excluding carboxylic acids is 2. The molecule has 7 nitrogen and oxygen atoms in total. The van der Waals surface area contributed by atoms with Gasteiger partial charge in [0.25, 0.3) is 5.91 Å². The zero-order valence-corrected chi connectivity index (χ0v) is 17.1. The Labute approximate surface area is 167 Å². The molecule has 2 N–H and O–H groups in total. The molecule has 146 valence electrons. The van der Waals surface area contributed by atoms with E-state index in [-0.39, 0.29) is 11.8 Å². The molecule has 0 aliphatic carbocycles. The van der Waals surface area contributed by atoms with E-state index in [9.17, 15) is 18.0 Å². The van der Waals surface area contributed by atoms with Crippen molar-refractivity contribution in [2.24, 2.45) is 0 Å². The first-order valence-corrected chi connectivity index (χ1v) is 11.0.